The highest BCUT2D eigenvalue weighted by Crippen LogP contribution is 2.14. The van der Waals surface area contributed by atoms with Gasteiger partial charge in [-0.15, -0.1) is 11.3 Å². The first-order chi connectivity index (χ1) is 7.45. The van der Waals surface area contributed by atoms with E-state index in [0.717, 1.165) is 18.7 Å². The molecule has 0 radical (unpaired) electrons. The van der Waals surface area contributed by atoms with Crippen molar-refractivity contribution >= 4 is 11.3 Å². The molecule has 0 fully saturated rings. The maximum atomic E-state index is 8.71. The van der Waals surface area contributed by atoms with Crippen LogP contribution in [0.2, 0.25) is 0 Å². The van der Waals surface area contributed by atoms with Crippen molar-refractivity contribution in [2.24, 2.45) is 0 Å². The number of nitriles is 1. The molecule has 0 bridgehead atoms. The number of nitrogens with zero attached hydrogens (tertiary/aromatic N) is 2. The summed E-state index contributed by atoms with van der Waals surface area (Å²) in [5.41, 5.74) is 0.906. The predicted octanol–water partition coefficient (Wildman–Crippen LogP) is 2.05. The zero-order valence-corrected chi connectivity index (χ0v) is 11.2. The molecule has 0 saturated carbocycles. The first-order valence-electron chi connectivity index (χ1n) is 5.31. The highest BCUT2D eigenvalue weighted by atomic mass is 32.1. The lowest BCUT2D eigenvalue weighted by Crippen LogP contribution is -2.46. The molecule has 0 spiro atoms. The van der Waals surface area contributed by atoms with Crippen molar-refractivity contribution < 1.29 is 0 Å². The summed E-state index contributed by atoms with van der Waals surface area (Å²) in [4.78, 5) is 3.42. The van der Waals surface area contributed by atoms with Crippen LogP contribution in [0.5, 0.6) is 0 Å². The average Bonchev–Trinajstić information content (AvgIpc) is 2.65. The maximum absolute atomic E-state index is 8.71. The smallest absolute Gasteiger partial charge is 0.100 e. The van der Waals surface area contributed by atoms with E-state index in [1.807, 2.05) is 11.4 Å². The molecule has 0 aliphatic carbocycles. The van der Waals surface area contributed by atoms with Crippen LogP contribution in [0.3, 0.4) is 0 Å². The summed E-state index contributed by atoms with van der Waals surface area (Å²) in [5, 5.41) is 14.0. The number of thiophene rings is 1. The Morgan fingerprint density at radius 3 is 2.69 bits per heavy atom. The van der Waals surface area contributed by atoms with Gasteiger partial charge in [-0.1, -0.05) is 0 Å². The molecular weight excluding hydrogens is 218 g/mol. The van der Waals surface area contributed by atoms with Gasteiger partial charge in [-0.2, -0.15) is 5.26 Å². The van der Waals surface area contributed by atoms with Gasteiger partial charge in [-0.05, 0) is 34.0 Å². The topological polar surface area (TPSA) is 39.1 Å². The van der Waals surface area contributed by atoms with E-state index in [4.69, 9.17) is 5.26 Å². The maximum Gasteiger partial charge on any atom is 0.100 e. The van der Waals surface area contributed by atoms with E-state index in [1.54, 1.807) is 11.3 Å². The molecule has 1 rings (SSSR count). The van der Waals surface area contributed by atoms with Crippen molar-refractivity contribution in [2.75, 3.05) is 20.6 Å². The molecule has 0 aliphatic heterocycles. The SMILES string of the molecule is CN(C)C(C)(C)CNCc1cc(C#N)cs1. The third-order valence-electron chi connectivity index (χ3n) is 2.85. The van der Waals surface area contributed by atoms with Crippen molar-refractivity contribution in [3.8, 4) is 6.07 Å². The second kappa shape index (κ2) is 5.44. The Balaban J connectivity index is 2.39. The van der Waals surface area contributed by atoms with Crippen LogP contribution < -0.4 is 5.32 Å². The van der Waals surface area contributed by atoms with Crippen LogP contribution in [-0.4, -0.2) is 31.1 Å². The minimum absolute atomic E-state index is 0.148. The van der Waals surface area contributed by atoms with Crippen LogP contribution in [-0.2, 0) is 6.54 Å². The number of nitrogens with one attached hydrogen (secondary N) is 1. The van der Waals surface area contributed by atoms with Gasteiger partial charge in [0.2, 0.25) is 0 Å². The fourth-order valence-electron chi connectivity index (χ4n) is 1.18. The largest absolute Gasteiger partial charge is 0.310 e. The normalized spacial score (nSPS) is 11.8. The van der Waals surface area contributed by atoms with Gasteiger partial charge in [0, 0.05) is 28.9 Å². The Hall–Kier alpha value is -0.890. The highest BCUT2D eigenvalue weighted by Gasteiger charge is 2.19. The lowest BCUT2D eigenvalue weighted by Gasteiger charge is -2.32. The Bertz CT molecular complexity index is 374. The second-order valence-corrected chi connectivity index (χ2v) is 5.72. The van der Waals surface area contributed by atoms with Gasteiger partial charge in [-0.3, -0.25) is 0 Å². The monoisotopic (exact) mass is 237 g/mol. The van der Waals surface area contributed by atoms with Crippen LogP contribution in [0.15, 0.2) is 11.4 Å². The molecule has 0 atom stereocenters. The first-order valence-corrected chi connectivity index (χ1v) is 6.19. The van der Waals surface area contributed by atoms with Gasteiger partial charge >= 0.3 is 0 Å². The van der Waals surface area contributed by atoms with Gasteiger partial charge in [0.15, 0.2) is 0 Å². The van der Waals surface area contributed by atoms with Crippen LogP contribution in [0.4, 0.5) is 0 Å². The fourth-order valence-corrected chi connectivity index (χ4v) is 1.96. The molecule has 1 N–H and O–H groups in total. The molecular formula is C12H19N3S. The lowest BCUT2D eigenvalue weighted by atomic mass is 10.0. The van der Waals surface area contributed by atoms with E-state index in [0.29, 0.717) is 0 Å². The Kier molecular flexibility index (Phi) is 4.48. The van der Waals surface area contributed by atoms with E-state index < -0.39 is 0 Å². The standard InChI is InChI=1S/C12H19N3S/c1-12(2,15(3)4)9-14-7-11-5-10(6-13)8-16-11/h5,8,14H,7,9H2,1-4H3. The summed E-state index contributed by atoms with van der Waals surface area (Å²) in [6, 6.07) is 4.09. The summed E-state index contributed by atoms with van der Waals surface area (Å²) >= 11 is 1.63. The molecule has 0 aromatic carbocycles. The van der Waals surface area contributed by atoms with E-state index in [9.17, 15) is 0 Å². The van der Waals surface area contributed by atoms with Gasteiger partial charge < -0.3 is 10.2 Å². The molecule has 0 saturated heterocycles. The fraction of sp³-hybridized carbons (Fsp3) is 0.583. The summed E-state index contributed by atoms with van der Waals surface area (Å²) in [7, 11) is 4.17. The van der Waals surface area contributed by atoms with Crippen molar-refractivity contribution in [3.05, 3.63) is 21.9 Å². The van der Waals surface area contributed by atoms with Crippen LogP contribution in [0.25, 0.3) is 0 Å². The third kappa shape index (κ3) is 3.60. The molecule has 1 aromatic rings. The molecule has 4 heteroatoms. The van der Waals surface area contributed by atoms with Crippen LogP contribution >= 0.6 is 11.3 Å². The molecule has 16 heavy (non-hydrogen) atoms. The summed E-state index contributed by atoms with van der Waals surface area (Å²) < 4.78 is 0. The number of hydrogen-bond donors (Lipinski definition) is 1. The third-order valence-corrected chi connectivity index (χ3v) is 3.79. The zero-order valence-electron chi connectivity index (χ0n) is 10.4. The van der Waals surface area contributed by atoms with E-state index in [1.165, 1.54) is 4.88 Å². The van der Waals surface area contributed by atoms with Gasteiger partial charge in [0.1, 0.15) is 6.07 Å². The lowest BCUT2D eigenvalue weighted by molar-refractivity contribution is 0.190. The quantitative estimate of drug-likeness (QED) is 0.852. The van der Waals surface area contributed by atoms with E-state index in [-0.39, 0.29) is 5.54 Å². The Morgan fingerprint density at radius 1 is 1.50 bits per heavy atom. The first kappa shape index (κ1) is 13.2. The zero-order chi connectivity index (χ0) is 12.2. The second-order valence-electron chi connectivity index (χ2n) is 4.72. The molecule has 3 nitrogen and oxygen atoms in total. The molecule has 0 unspecified atom stereocenters. The summed E-state index contributed by atoms with van der Waals surface area (Å²) in [6.45, 7) is 6.17. The predicted molar refractivity (Wildman–Crippen MR) is 68.5 cm³/mol. The summed E-state index contributed by atoms with van der Waals surface area (Å²) in [5.74, 6) is 0. The molecule has 0 amide bonds. The minimum Gasteiger partial charge on any atom is -0.310 e. The summed E-state index contributed by atoms with van der Waals surface area (Å²) in [6.07, 6.45) is 0. The average molecular weight is 237 g/mol. The van der Waals surface area contributed by atoms with Crippen molar-refractivity contribution in [3.63, 3.8) is 0 Å². The van der Waals surface area contributed by atoms with Crippen LogP contribution in [0.1, 0.15) is 24.3 Å². The van der Waals surface area contributed by atoms with E-state index in [2.05, 4.69) is 44.2 Å². The molecule has 1 aromatic heterocycles. The van der Waals surface area contributed by atoms with Gasteiger partial charge in [0.25, 0.3) is 0 Å². The van der Waals surface area contributed by atoms with Crippen LogP contribution in [0, 0.1) is 11.3 Å². The molecule has 1 heterocycles. The molecule has 0 aliphatic rings. The van der Waals surface area contributed by atoms with E-state index >= 15 is 0 Å². The van der Waals surface area contributed by atoms with Gasteiger partial charge in [-0.25, -0.2) is 0 Å². The van der Waals surface area contributed by atoms with Crippen molar-refractivity contribution in [2.45, 2.75) is 25.9 Å². The number of likely N-dealkylation sites (N-methyl/N-ethyl adjacent to an activating group) is 1. The minimum atomic E-state index is 0.148. The van der Waals surface area contributed by atoms with Gasteiger partial charge in [0.05, 0.1) is 5.56 Å². The highest BCUT2D eigenvalue weighted by molar-refractivity contribution is 7.10. The Morgan fingerprint density at radius 2 is 2.19 bits per heavy atom. The van der Waals surface area contributed by atoms with Crippen molar-refractivity contribution in [1.29, 1.82) is 5.26 Å². The molecule has 88 valence electrons. The number of hydrogen-bond acceptors (Lipinski definition) is 4. The number of rotatable bonds is 5. The van der Waals surface area contributed by atoms with Crippen molar-refractivity contribution in [1.82, 2.24) is 10.2 Å². The Labute approximate surface area is 102 Å².